The Labute approximate surface area is 150 Å². The zero-order valence-electron chi connectivity index (χ0n) is 14.5. The Balaban J connectivity index is 1.73. The first-order valence-corrected chi connectivity index (χ1v) is 9.15. The molecule has 3 heterocycles. The van der Waals surface area contributed by atoms with Gasteiger partial charge in [-0.05, 0) is 31.0 Å². The lowest BCUT2D eigenvalue weighted by Crippen LogP contribution is -2.31. The van der Waals surface area contributed by atoms with Crippen LogP contribution in [0.1, 0.15) is 18.4 Å². The number of pyridine rings is 1. The molecule has 0 saturated carbocycles. The molecule has 0 bridgehead atoms. The van der Waals surface area contributed by atoms with Crippen molar-refractivity contribution in [2.24, 2.45) is 0 Å². The normalized spacial score (nSPS) is 18.4. The van der Waals surface area contributed by atoms with Crippen LogP contribution in [0.5, 0.6) is 0 Å². The average molecular weight is 347 g/mol. The van der Waals surface area contributed by atoms with Crippen molar-refractivity contribution in [2.75, 3.05) is 13.2 Å². The van der Waals surface area contributed by atoms with Gasteiger partial charge in [-0.3, -0.25) is 9.69 Å². The molecule has 1 aliphatic rings. The van der Waals surface area contributed by atoms with E-state index in [9.17, 15) is 9.90 Å². The number of nitrogens with one attached hydrogen (secondary N) is 2. The van der Waals surface area contributed by atoms with E-state index < -0.39 is 0 Å². The molecule has 1 unspecified atom stereocenters. The van der Waals surface area contributed by atoms with Gasteiger partial charge < -0.3 is 15.1 Å². The molecule has 2 aromatic carbocycles. The van der Waals surface area contributed by atoms with Crippen LogP contribution in [-0.2, 0) is 6.54 Å². The fourth-order valence-electron chi connectivity index (χ4n) is 4.35. The van der Waals surface area contributed by atoms with Gasteiger partial charge in [0.25, 0.3) is 5.56 Å². The Hall–Kier alpha value is -2.63. The maximum Gasteiger partial charge on any atom is 0.256 e. The van der Waals surface area contributed by atoms with Crippen molar-refractivity contribution < 1.29 is 5.11 Å². The monoisotopic (exact) mass is 347 g/mol. The zero-order chi connectivity index (χ0) is 17.7. The molecule has 4 aromatic rings. The van der Waals surface area contributed by atoms with Gasteiger partial charge in [0.1, 0.15) is 0 Å². The molecule has 1 aliphatic heterocycles. The highest BCUT2D eigenvalue weighted by Gasteiger charge is 2.24. The van der Waals surface area contributed by atoms with Gasteiger partial charge in [0, 0.05) is 28.7 Å². The first kappa shape index (κ1) is 15.6. The SMILES string of the molecule is O=c1[nH]c2c3cccc(CN4CCCC4CO)c3[nH]c2c2ccccc12. The third-order valence-corrected chi connectivity index (χ3v) is 5.68. The molecule has 5 nitrogen and oxygen atoms in total. The highest BCUT2D eigenvalue weighted by molar-refractivity contribution is 6.15. The first-order valence-electron chi connectivity index (χ1n) is 9.15. The number of hydrogen-bond donors (Lipinski definition) is 3. The summed E-state index contributed by atoms with van der Waals surface area (Å²) < 4.78 is 0. The van der Waals surface area contributed by atoms with Crippen LogP contribution in [0.4, 0.5) is 0 Å². The van der Waals surface area contributed by atoms with Crippen molar-refractivity contribution in [3.63, 3.8) is 0 Å². The van der Waals surface area contributed by atoms with Gasteiger partial charge >= 0.3 is 0 Å². The molecule has 1 fully saturated rings. The third kappa shape index (κ3) is 2.28. The van der Waals surface area contributed by atoms with Gasteiger partial charge in [0.05, 0.1) is 23.2 Å². The molecule has 2 aromatic heterocycles. The smallest absolute Gasteiger partial charge is 0.256 e. The lowest BCUT2D eigenvalue weighted by atomic mass is 10.1. The third-order valence-electron chi connectivity index (χ3n) is 5.68. The number of aromatic nitrogens is 2. The number of nitrogens with zero attached hydrogens (tertiary/aromatic N) is 1. The molecule has 1 atom stereocenters. The Morgan fingerprint density at radius 3 is 2.58 bits per heavy atom. The quantitative estimate of drug-likeness (QED) is 0.533. The molecule has 5 heteroatoms. The van der Waals surface area contributed by atoms with E-state index in [0.717, 1.165) is 53.3 Å². The molecule has 0 amide bonds. The number of fused-ring (bicyclic) bond motifs is 5. The van der Waals surface area contributed by atoms with Crippen molar-refractivity contribution in [1.29, 1.82) is 0 Å². The summed E-state index contributed by atoms with van der Waals surface area (Å²) in [7, 11) is 0. The molecule has 3 N–H and O–H groups in total. The van der Waals surface area contributed by atoms with Crippen LogP contribution < -0.4 is 5.56 Å². The van der Waals surface area contributed by atoms with E-state index in [2.05, 4.69) is 27.0 Å². The lowest BCUT2D eigenvalue weighted by molar-refractivity contribution is 0.154. The van der Waals surface area contributed by atoms with Crippen LogP contribution in [0, 0.1) is 0 Å². The van der Waals surface area contributed by atoms with E-state index >= 15 is 0 Å². The largest absolute Gasteiger partial charge is 0.395 e. The summed E-state index contributed by atoms with van der Waals surface area (Å²) in [5.41, 5.74) is 4.05. The van der Waals surface area contributed by atoms with Gasteiger partial charge in [0.15, 0.2) is 0 Å². The van der Waals surface area contributed by atoms with E-state index in [4.69, 9.17) is 0 Å². The van der Waals surface area contributed by atoms with Crippen LogP contribution in [0.3, 0.4) is 0 Å². The summed E-state index contributed by atoms with van der Waals surface area (Å²) in [6, 6.07) is 14.2. The van der Waals surface area contributed by atoms with Gasteiger partial charge in [0.2, 0.25) is 0 Å². The maximum atomic E-state index is 12.5. The van der Waals surface area contributed by atoms with Crippen molar-refractivity contribution in [2.45, 2.75) is 25.4 Å². The minimum atomic E-state index is -0.0562. The van der Waals surface area contributed by atoms with E-state index in [1.807, 2.05) is 30.3 Å². The number of rotatable bonds is 3. The molecule has 5 rings (SSSR count). The Kier molecular flexibility index (Phi) is 3.58. The standard InChI is InChI=1S/C21H21N3O2/c25-12-14-6-4-10-24(14)11-13-5-3-9-17-18(13)22-19-15-7-1-2-8-16(15)21(26)23-20(17)19/h1-3,5,7-9,14,22,25H,4,6,10-12H2,(H,23,26). The predicted octanol–water partition coefficient (Wildman–Crippen LogP) is 3.12. The number of H-pyrrole nitrogens is 2. The molecular formula is C21H21N3O2. The number of aromatic amines is 2. The highest BCUT2D eigenvalue weighted by Crippen LogP contribution is 2.31. The molecule has 26 heavy (non-hydrogen) atoms. The van der Waals surface area contributed by atoms with Crippen molar-refractivity contribution in [1.82, 2.24) is 14.9 Å². The second-order valence-electron chi connectivity index (χ2n) is 7.16. The summed E-state index contributed by atoms with van der Waals surface area (Å²) in [6.07, 6.45) is 2.18. The van der Waals surface area contributed by atoms with E-state index in [1.165, 1.54) is 5.56 Å². The zero-order valence-corrected chi connectivity index (χ0v) is 14.5. The molecular weight excluding hydrogens is 326 g/mol. The van der Waals surface area contributed by atoms with Gasteiger partial charge in [-0.1, -0.05) is 36.4 Å². The lowest BCUT2D eigenvalue weighted by Gasteiger charge is -2.22. The van der Waals surface area contributed by atoms with Crippen molar-refractivity contribution >= 4 is 32.7 Å². The Morgan fingerprint density at radius 2 is 1.73 bits per heavy atom. The summed E-state index contributed by atoms with van der Waals surface area (Å²) in [6.45, 7) is 2.03. The summed E-state index contributed by atoms with van der Waals surface area (Å²) >= 11 is 0. The van der Waals surface area contributed by atoms with Crippen LogP contribution in [0.25, 0.3) is 32.7 Å². The molecule has 0 radical (unpaired) electrons. The van der Waals surface area contributed by atoms with Gasteiger partial charge in [-0.25, -0.2) is 0 Å². The molecule has 1 saturated heterocycles. The Morgan fingerprint density at radius 1 is 0.962 bits per heavy atom. The summed E-state index contributed by atoms with van der Waals surface area (Å²) in [4.78, 5) is 21.4. The van der Waals surface area contributed by atoms with Gasteiger partial charge in [-0.2, -0.15) is 0 Å². The predicted molar refractivity (Wildman–Crippen MR) is 104 cm³/mol. The van der Waals surface area contributed by atoms with Crippen molar-refractivity contribution in [3.8, 4) is 0 Å². The van der Waals surface area contributed by atoms with Crippen LogP contribution in [-0.4, -0.2) is 39.2 Å². The number of aliphatic hydroxyl groups excluding tert-OH is 1. The van der Waals surface area contributed by atoms with Crippen molar-refractivity contribution in [3.05, 3.63) is 58.4 Å². The fourth-order valence-corrected chi connectivity index (χ4v) is 4.35. The minimum absolute atomic E-state index is 0.0562. The van der Waals surface area contributed by atoms with E-state index in [1.54, 1.807) is 0 Å². The summed E-state index contributed by atoms with van der Waals surface area (Å²) in [5.74, 6) is 0. The topological polar surface area (TPSA) is 72.1 Å². The molecule has 132 valence electrons. The number of aliphatic hydroxyl groups is 1. The fraction of sp³-hybridized carbons (Fsp3) is 0.286. The average Bonchev–Trinajstić information content (AvgIpc) is 3.27. The van der Waals surface area contributed by atoms with Gasteiger partial charge in [-0.15, -0.1) is 0 Å². The number of likely N-dealkylation sites (tertiary alicyclic amines) is 1. The second kappa shape index (κ2) is 5.97. The number of hydrogen-bond acceptors (Lipinski definition) is 3. The highest BCUT2D eigenvalue weighted by atomic mass is 16.3. The summed E-state index contributed by atoms with van der Waals surface area (Å²) in [5, 5.41) is 12.3. The van der Waals surface area contributed by atoms with Crippen LogP contribution in [0.15, 0.2) is 47.3 Å². The van der Waals surface area contributed by atoms with E-state index in [-0.39, 0.29) is 18.2 Å². The van der Waals surface area contributed by atoms with Crippen LogP contribution >= 0.6 is 0 Å². The molecule has 0 spiro atoms. The van der Waals surface area contributed by atoms with E-state index in [0.29, 0.717) is 5.39 Å². The number of para-hydroxylation sites is 1. The first-order chi connectivity index (χ1) is 12.8. The Bertz CT molecular complexity index is 1170. The number of benzene rings is 2. The molecule has 0 aliphatic carbocycles. The maximum absolute atomic E-state index is 12.5. The second-order valence-corrected chi connectivity index (χ2v) is 7.16. The minimum Gasteiger partial charge on any atom is -0.395 e. The van der Waals surface area contributed by atoms with Crippen LogP contribution in [0.2, 0.25) is 0 Å².